The zero-order valence-corrected chi connectivity index (χ0v) is 19.1. The molecule has 0 amide bonds. The van der Waals surface area contributed by atoms with E-state index < -0.39 is 6.17 Å². The molecule has 172 valence electrons. The fraction of sp³-hybridized carbons (Fsp3) is 0.522. The number of fused-ring (bicyclic) bond motifs is 1. The van der Waals surface area contributed by atoms with Gasteiger partial charge in [-0.15, -0.1) is 0 Å². The summed E-state index contributed by atoms with van der Waals surface area (Å²) in [6.45, 7) is 6.39. The molecule has 4 heterocycles. The molecule has 9 heteroatoms. The minimum atomic E-state index is -0.888. The van der Waals surface area contributed by atoms with E-state index in [1.807, 2.05) is 55.0 Å². The van der Waals surface area contributed by atoms with Gasteiger partial charge in [-0.05, 0) is 31.6 Å². The Labute approximate surface area is 187 Å². The van der Waals surface area contributed by atoms with Crippen LogP contribution in [-0.2, 0) is 0 Å². The molecule has 2 aliphatic heterocycles. The molecule has 5 rings (SSSR count). The van der Waals surface area contributed by atoms with E-state index >= 15 is 0 Å². The molecule has 2 aliphatic rings. The van der Waals surface area contributed by atoms with E-state index in [-0.39, 0.29) is 18.0 Å². The topological polar surface area (TPSA) is 79.5 Å². The van der Waals surface area contributed by atoms with E-state index in [4.69, 9.17) is 4.74 Å². The van der Waals surface area contributed by atoms with Gasteiger partial charge < -0.3 is 19.6 Å². The number of alkyl halides is 1. The van der Waals surface area contributed by atoms with Crippen molar-refractivity contribution in [2.24, 2.45) is 0 Å². The van der Waals surface area contributed by atoms with Gasteiger partial charge in [-0.3, -0.25) is 0 Å². The monoisotopic (exact) mass is 442 g/mol. The third kappa shape index (κ3) is 4.27. The molecule has 8 nitrogen and oxygen atoms in total. The molecule has 0 radical (unpaired) electrons. The standard InChI is InChI=1S/C21H25FN6O2.C2H6/c1-26-6-5-16(17(22)12-26)13-3-4-14-9-23-28(18(14)7-13)20-8-19(24-21(25-20)30-2)27-10-15(29)11-27;1-2/h3-4,7-9,15-17,29H,5-6,10-12H2,1-2H3;1-2H3. The second kappa shape index (κ2) is 9.38. The first kappa shape index (κ1) is 22.4. The number of β-amino-alcohol motifs (C(OH)–C–C–N with tert-alkyl or cyclic N) is 1. The quantitative estimate of drug-likeness (QED) is 0.666. The van der Waals surface area contributed by atoms with Crippen molar-refractivity contribution in [1.82, 2.24) is 24.6 Å². The lowest BCUT2D eigenvalue weighted by Gasteiger charge is -2.36. The Kier molecular flexibility index (Phi) is 6.57. The molecule has 2 fully saturated rings. The van der Waals surface area contributed by atoms with E-state index in [2.05, 4.69) is 15.1 Å². The fourth-order valence-corrected chi connectivity index (χ4v) is 4.29. The van der Waals surface area contributed by atoms with Gasteiger partial charge in [-0.2, -0.15) is 15.1 Å². The van der Waals surface area contributed by atoms with Gasteiger partial charge in [0.05, 0.1) is 24.9 Å². The van der Waals surface area contributed by atoms with Crippen molar-refractivity contribution in [2.45, 2.75) is 38.5 Å². The fourth-order valence-electron chi connectivity index (χ4n) is 4.29. The number of anilines is 1. The van der Waals surface area contributed by atoms with Crippen LogP contribution in [0.5, 0.6) is 6.01 Å². The molecular weight excluding hydrogens is 411 g/mol. The van der Waals surface area contributed by atoms with Crippen LogP contribution in [0.3, 0.4) is 0 Å². The number of benzene rings is 1. The Morgan fingerprint density at radius 2 is 1.84 bits per heavy atom. The maximum Gasteiger partial charge on any atom is 0.320 e. The number of hydrogen-bond acceptors (Lipinski definition) is 7. The molecule has 0 aliphatic carbocycles. The molecular formula is C23H31FN6O2. The minimum absolute atomic E-state index is 0.118. The molecule has 0 spiro atoms. The molecule has 2 atom stereocenters. The number of ether oxygens (including phenoxy) is 1. The van der Waals surface area contributed by atoms with Crippen LogP contribution < -0.4 is 9.64 Å². The molecule has 2 aromatic heterocycles. The highest BCUT2D eigenvalue weighted by Crippen LogP contribution is 2.33. The van der Waals surface area contributed by atoms with Crippen molar-refractivity contribution in [3.63, 3.8) is 0 Å². The van der Waals surface area contributed by atoms with E-state index in [0.717, 1.165) is 29.4 Å². The summed E-state index contributed by atoms with van der Waals surface area (Å²) in [6.07, 6.45) is 1.34. The molecule has 32 heavy (non-hydrogen) atoms. The Morgan fingerprint density at radius 1 is 1.09 bits per heavy atom. The number of nitrogens with zero attached hydrogens (tertiary/aromatic N) is 6. The third-order valence-corrected chi connectivity index (χ3v) is 6.03. The number of rotatable bonds is 4. The highest BCUT2D eigenvalue weighted by atomic mass is 19.1. The van der Waals surface area contributed by atoms with Crippen LogP contribution in [0, 0.1) is 0 Å². The van der Waals surface area contributed by atoms with Crippen LogP contribution in [-0.4, -0.2) is 82.4 Å². The summed E-state index contributed by atoms with van der Waals surface area (Å²) in [4.78, 5) is 12.9. The van der Waals surface area contributed by atoms with E-state index in [9.17, 15) is 9.50 Å². The molecule has 1 N–H and O–H groups in total. The van der Waals surface area contributed by atoms with Crippen molar-refractivity contribution in [2.75, 3.05) is 45.2 Å². The number of hydrogen-bond donors (Lipinski definition) is 1. The predicted molar refractivity (Wildman–Crippen MR) is 123 cm³/mol. The maximum atomic E-state index is 14.7. The average Bonchev–Trinajstić information content (AvgIpc) is 3.21. The van der Waals surface area contributed by atoms with Crippen molar-refractivity contribution in [3.8, 4) is 11.8 Å². The third-order valence-electron chi connectivity index (χ3n) is 6.03. The van der Waals surface area contributed by atoms with Crippen LogP contribution in [0.15, 0.2) is 30.5 Å². The second-order valence-electron chi connectivity index (χ2n) is 8.18. The summed E-state index contributed by atoms with van der Waals surface area (Å²) in [7, 11) is 3.48. The van der Waals surface area contributed by atoms with Crippen LogP contribution in [0.25, 0.3) is 16.7 Å². The number of halogens is 1. The lowest BCUT2D eigenvalue weighted by molar-refractivity contribution is 0.139. The van der Waals surface area contributed by atoms with Gasteiger partial charge in [0.15, 0.2) is 5.82 Å². The summed E-state index contributed by atoms with van der Waals surface area (Å²) < 4.78 is 21.8. The molecule has 2 unspecified atom stereocenters. The van der Waals surface area contributed by atoms with Crippen LogP contribution >= 0.6 is 0 Å². The van der Waals surface area contributed by atoms with E-state index in [1.54, 1.807) is 10.9 Å². The zero-order chi connectivity index (χ0) is 22.8. The van der Waals surface area contributed by atoms with Crippen LogP contribution in [0.1, 0.15) is 31.7 Å². The van der Waals surface area contributed by atoms with Crippen molar-refractivity contribution < 1.29 is 14.2 Å². The van der Waals surface area contributed by atoms with Gasteiger partial charge >= 0.3 is 6.01 Å². The van der Waals surface area contributed by atoms with E-state index in [1.165, 1.54) is 7.11 Å². The number of aliphatic hydroxyl groups is 1. The lowest BCUT2D eigenvalue weighted by Crippen LogP contribution is -2.51. The van der Waals surface area contributed by atoms with Gasteiger partial charge in [-0.1, -0.05) is 26.0 Å². The smallest absolute Gasteiger partial charge is 0.320 e. The highest BCUT2D eigenvalue weighted by Gasteiger charge is 2.30. The molecule has 0 bridgehead atoms. The maximum absolute atomic E-state index is 14.7. The van der Waals surface area contributed by atoms with Gasteiger partial charge in [0.2, 0.25) is 0 Å². The first-order valence-corrected chi connectivity index (χ1v) is 11.2. The molecule has 3 aromatic rings. The average molecular weight is 443 g/mol. The zero-order valence-electron chi connectivity index (χ0n) is 19.1. The Balaban J connectivity index is 0.00000119. The normalized spacial score (nSPS) is 21.8. The Hall–Kier alpha value is -2.78. The van der Waals surface area contributed by atoms with Gasteiger partial charge in [0.1, 0.15) is 12.0 Å². The Morgan fingerprint density at radius 3 is 2.53 bits per heavy atom. The number of likely N-dealkylation sites (tertiary alicyclic amines) is 1. The summed E-state index contributed by atoms with van der Waals surface area (Å²) in [6, 6.07) is 8.09. The van der Waals surface area contributed by atoms with Gasteiger partial charge in [0.25, 0.3) is 0 Å². The summed E-state index contributed by atoms with van der Waals surface area (Å²) in [5.41, 5.74) is 1.85. The minimum Gasteiger partial charge on any atom is -0.467 e. The number of aliphatic hydroxyl groups excluding tert-OH is 1. The number of methoxy groups -OCH3 is 1. The van der Waals surface area contributed by atoms with Gasteiger partial charge in [0, 0.05) is 37.0 Å². The van der Waals surface area contributed by atoms with Crippen molar-refractivity contribution in [3.05, 3.63) is 36.0 Å². The lowest BCUT2D eigenvalue weighted by atomic mass is 9.88. The van der Waals surface area contributed by atoms with Gasteiger partial charge in [-0.25, -0.2) is 9.07 Å². The molecule has 1 aromatic carbocycles. The predicted octanol–water partition coefficient (Wildman–Crippen LogP) is 2.79. The Bertz CT molecular complexity index is 1070. The van der Waals surface area contributed by atoms with Crippen LogP contribution in [0.4, 0.5) is 10.2 Å². The second-order valence-corrected chi connectivity index (χ2v) is 8.18. The molecule has 2 saturated heterocycles. The number of aromatic nitrogens is 4. The van der Waals surface area contributed by atoms with Crippen molar-refractivity contribution in [1.29, 1.82) is 0 Å². The van der Waals surface area contributed by atoms with Crippen LogP contribution in [0.2, 0.25) is 0 Å². The summed E-state index contributed by atoms with van der Waals surface area (Å²) >= 11 is 0. The largest absolute Gasteiger partial charge is 0.467 e. The first-order chi connectivity index (χ1) is 15.5. The van der Waals surface area contributed by atoms with Crippen molar-refractivity contribution >= 4 is 16.7 Å². The molecule has 0 saturated carbocycles. The van der Waals surface area contributed by atoms with E-state index in [0.29, 0.717) is 31.3 Å². The summed E-state index contributed by atoms with van der Waals surface area (Å²) in [5, 5.41) is 15.1. The first-order valence-electron chi connectivity index (χ1n) is 11.2. The highest BCUT2D eigenvalue weighted by molar-refractivity contribution is 5.81. The summed E-state index contributed by atoms with van der Waals surface area (Å²) in [5.74, 6) is 1.14. The number of piperidine rings is 1. The SMILES string of the molecule is CC.COc1nc(N2CC(O)C2)cc(-n2ncc3ccc(C4CCN(C)CC4F)cc32)n1.